The largest absolute Gasteiger partial charge is 0.356 e. The molecule has 0 fully saturated rings. The van der Waals surface area contributed by atoms with Gasteiger partial charge in [0.1, 0.15) is 0 Å². The first-order valence-electron chi connectivity index (χ1n) is 7.36. The summed E-state index contributed by atoms with van der Waals surface area (Å²) in [5, 5.41) is 3.00. The third kappa shape index (κ3) is 4.06. The summed E-state index contributed by atoms with van der Waals surface area (Å²) in [6.45, 7) is 1.45. The summed E-state index contributed by atoms with van der Waals surface area (Å²) in [5.74, 6) is 0.582. The average molecular weight is 260 g/mol. The van der Waals surface area contributed by atoms with Crippen LogP contribution in [-0.2, 0) is 11.2 Å². The van der Waals surface area contributed by atoms with Gasteiger partial charge in [-0.25, -0.2) is 0 Å². The lowest BCUT2D eigenvalue weighted by molar-refractivity contribution is -0.121. The molecule has 0 aromatic heterocycles. The molecular weight excluding hydrogens is 236 g/mol. The smallest absolute Gasteiger partial charge is 0.220 e. The standard InChI is InChI=1S/C16H24N2O/c17-10-3-4-11-18-16(19)12-14-8-5-7-13-6-1-2-9-15(13)14/h1-2,6,9,14H,3-5,7-8,10-12,17H2,(H,18,19). The molecule has 0 aliphatic heterocycles. The van der Waals surface area contributed by atoms with Crippen molar-refractivity contribution in [1.82, 2.24) is 5.32 Å². The van der Waals surface area contributed by atoms with E-state index in [4.69, 9.17) is 5.73 Å². The van der Waals surface area contributed by atoms with Gasteiger partial charge in [-0.1, -0.05) is 24.3 Å². The number of fused-ring (bicyclic) bond motifs is 1. The van der Waals surface area contributed by atoms with Gasteiger partial charge in [0.05, 0.1) is 0 Å². The molecule has 0 bridgehead atoms. The van der Waals surface area contributed by atoms with E-state index in [1.54, 1.807) is 0 Å². The summed E-state index contributed by atoms with van der Waals surface area (Å²) in [6, 6.07) is 8.55. The second-order valence-electron chi connectivity index (χ2n) is 5.34. The van der Waals surface area contributed by atoms with Gasteiger partial charge in [-0.15, -0.1) is 0 Å². The van der Waals surface area contributed by atoms with Crippen molar-refractivity contribution in [3.63, 3.8) is 0 Å². The zero-order chi connectivity index (χ0) is 13.5. The highest BCUT2D eigenvalue weighted by Gasteiger charge is 2.21. The monoisotopic (exact) mass is 260 g/mol. The third-order valence-corrected chi connectivity index (χ3v) is 3.88. The topological polar surface area (TPSA) is 55.1 Å². The van der Waals surface area contributed by atoms with E-state index in [1.165, 1.54) is 17.5 Å². The van der Waals surface area contributed by atoms with E-state index in [2.05, 4.69) is 29.6 Å². The fourth-order valence-electron chi connectivity index (χ4n) is 2.86. The molecule has 0 saturated heterocycles. The van der Waals surface area contributed by atoms with Crippen LogP contribution in [0.4, 0.5) is 0 Å². The molecule has 0 saturated carbocycles. The number of benzene rings is 1. The number of amides is 1. The van der Waals surface area contributed by atoms with Crippen molar-refractivity contribution in [2.75, 3.05) is 13.1 Å². The Morgan fingerprint density at radius 2 is 2.16 bits per heavy atom. The second-order valence-corrected chi connectivity index (χ2v) is 5.34. The van der Waals surface area contributed by atoms with Gasteiger partial charge in [-0.3, -0.25) is 4.79 Å². The first kappa shape index (κ1) is 14.1. The SMILES string of the molecule is NCCCCNC(=O)CC1CCCc2ccccc21. The van der Waals surface area contributed by atoms with Crippen LogP contribution in [0.2, 0.25) is 0 Å². The quantitative estimate of drug-likeness (QED) is 0.771. The molecule has 19 heavy (non-hydrogen) atoms. The molecule has 3 nitrogen and oxygen atoms in total. The molecule has 1 amide bonds. The van der Waals surface area contributed by atoms with E-state index in [9.17, 15) is 4.79 Å². The summed E-state index contributed by atoms with van der Waals surface area (Å²) in [6.07, 6.45) is 6.07. The number of nitrogens with one attached hydrogen (secondary N) is 1. The highest BCUT2D eigenvalue weighted by atomic mass is 16.1. The van der Waals surface area contributed by atoms with Gasteiger partial charge in [0.2, 0.25) is 5.91 Å². The first-order chi connectivity index (χ1) is 9.31. The van der Waals surface area contributed by atoms with Crippen LogP contribution in [0.25, 0.3) is 0 Å². The Morgan fingerprint density at radius 3 is 3.00 bits per heavy atom. The Bertz CT molecular complexity index is 417. The number of hydrogen-bond donors (Lipinski definition) is 2. The fraction of sp³-hybridized carbons (Fsp3) is 0.562. The maximum absolute atomic E-state index is 11.9. The molecule has 3 N–H and O–H groups in total. The molecule has 0 spiro atoms. The van der Waals surface area contributed by atoms with Gasteiger partial charge < -0.3 is 11.1 Å². The van der Waals surface area contributed by atoms with Crippen molar-refractivity contribution in [3.05, 3.63) is 35.4 Å². The van der Waals surface area contributed by atoms with Crippen molar-refractivity contribution in [2.24, 2.45) is 5.73 Å². The molecule has 0 radical (unpaired) electrons. The minimum absolute atomic E-state index is 0.179. The number of carbonyl (C=O) groups is 1. The summed E-state index contributed by atoms with van der Waals surface area (Å²) in [7, 11) is 0. The number of aryl methyl sites for hydroxylation is 1. The lowest BCUT2D eigenvalue weighted by atomic mass is 9.81. The van der Waals surface area contributed by atoms with E-state index in [0.717, 1.165) is 32.2 Å². The van der Waals surface area contributed by atoms with Crippen molar-refractivity contribution in [1.29, 1.82) is 0 Å². The first-order valence-corrected chi connectivity index (χ1v) is 7.36. The van der Waals surface area contributed by atoms with Crippen LogP contribution < -0.4 is 11.1 Å². The highest BCUT2D eigenvalue weighted by Crippen LogP contribution is 2.33. The molecule has 1 aliphatic carbocycles. The number of hydrogen-bond acceptors (Lipinski definition) is 2. The maximum atomic E-state index is 11.9. The van der Waals surface area contributed by atoms with E-state index in [0.29, 0.717) is 18.9 Å². The fourth-order valence-corrected chi connectivity index (χ4v) is 2.86. The molecule has 1 atom stereocenters. The Kier molecular flexibility index (Phi) is 5.40. The summed E-state index contributed by atoms with van der Waals surface area (Å²) >= 11 is 0. The predicted molar refractivity (Wildman–Crippen MR) is 78.0 cm³/mol. The van der Waals surface area contributed by atoms with Crippen LogP contribution in [-0.4, -0.2) is 19.0 Å². The van der Waals surface area contributed by atoms with E-state index in [-0.39, 0.29) is 5.91 Å². The molecule has 1 aromatic carbocycles. The van der Waals surface area contributed by atoms with Gasteiger partial charge in [-0.05, 0) is 55.7 Å². The van der Waals surface area contributed by atoms with Crippen molar-refractivity contribution >= 4 is 5.91 Å². The predicted octanol–water partition coefficient (Wildman–Crippen LogP) is 2.35. The van der Waals surface area contributed by atoms with E-state index >= 15 is 0 Å². The third-order valence-electron chi connectivity index (χ3n) is 3.88. The molecule has 0 heterocycles. The van der Waals surface area contributed by atoms with Crippen LogP contribution >= 0.6 is 0 Å². The van der Waals surface area contributed by atoms with Crippen molar-refractivity contribution in [2.45, 2.75) is 44.4 Å². The Balaban J connectivity index is 1.85. The molecule has 104 valence electrons. The average Bonchev–Trinajstić information content (AvgIpc) is 2.44. The van der Waals surface area contributed by atoms with E-state index in [1.807, 2.05) is 0 Å². The maximum Gasteiger partial charge on any atom is 0.220 e. The number of rotatable bonds is 6. The van der Waals surface area contributed by atoms with Crippen LogP contribution in [0.1, 0.15) is 49.1 Å². The zero-order valence-corrected chi connectivity index (χ0v) is 11.5. The molecule has 1 aliphatic rings. The Morgan fingerprint density at radius 1 is 1.32 bits per heavy atom. The second kappa shape index (κ2) is 7.29. The van der Waals surface area contributed by atoms with E-state index < -0.39 is 0 Å². The molecular formula is C16H24N2O. The van der Waals surface area contributed by atoms with Crippen molar-refractivity contribution in [3.8, 4) is 0 Å². The van der Waals surface area contributed by atoms with Gasteiger partial charge in [0.15, 0.2) is 0 Å². The minimum Gasteiger partial charge on any atom is -0.356 e. The Hall–Kier alpha value is -1.35. The van der Waals surface area contributed by atoms with Crippen molar-refractivity contribution < 1.29 is 4.79 Å². The summed E-state index contributed by atoms with van der Waals surface area (Å²) < 4.78 is 0. The zero-order valence-electron chi connectivity index (χ0n) is 11.5. The van der Waals surface area contributed by atoms with Crippen LogP contribution in [0.3, 0.4) is 0 Å². The molecule has 2 rings (SSSR count). The minimum atomic E-state index is 0.179. The number of carbonyl (C=O) groups excluding carboxylic acids is 1. The van der Waals surface area contributed by atoms with Crippen LogP contribution in [0.15, 0.2) is 24.3 Å². The number of unbranched alkanes of at least 4 members (excludes halogenated alkanes) is 1. The van der Waals surface area contributed by atoms with Gasteiger partial charge in [0.25, 0.3) is 0 Å². The lowest BCUT2D eigenvalue weighted by Crippen LogP contribution is -2.27. The van der Waals surface area contributed by atoms with Crippen LogP contribution in [0.5, 0.6) is 0 Å². The lowest BCUT2D eigenvalue weighted by Gasteiger charge is -2.25. The highest BCUT2D eigenvalue weighted by molar-refractivity contribution is 5.77. The summed E-state index contributed by atoms with van der Waals surface area (Å²) in [5.41, 5.74) is 8.24. The van der Waals surface area contributed by atoms with Gasteiger partial charge in [-0.2, -0.15) is 0 Å². The molecule has 1 unspecified atom stereocenters. The summed E-state index contributed by atoms with van der Waals surface area (Å²) in [4.78, 5) is 11.9. The Labute approximate surface area is 115 Å². The normalized spacial score (nSPS) is 17.8. The van der Waals surface area contributed by atoms with Gasteiger partial charge in [0, 0.05) is 13.0 Å². The molecule has 3 heteroatoms. The molecule has 1 aromatic rings. The van der Waals surface area contributed by atoms with Crippen LogP contribution in [0, 0.1) is 0 Å². The number of nitrogens with two attached hydrogens (primary N) is 1. The van der Waals surface area contributed by atoms with Gasteiger partial charge >= 0.3 is 0 Å².